The maximum atomic E-state index is 13.5. The zero-order valence-electron chi connectivity index (χ0n) is 21.8. The highest BCUT2D eigenvalue weighted by Gasteiger charge is 2.38. The first-order chi connectivity index (χ1) is 17.2. The maximum Gasteiger partial charge on any atom is 0.410 e. The van der Waals surface area contributed by atoms with Crippen LogP contribution in [-0.2, 0) is 24.3 Å². The number of halogens is 1. The highest BCUT2D eigenvalue weighted by molar-refractivity contribution is 7.89. The molecular formula is C25H35ClN4O6S. The van der Waals surface area contributed by atoms with Crippen LogP contribution < -0.4 is 10.6 Å². The van der Waals surface area contributed by atoms with Crippen molar-refractivity contribution < 1.29 is 27.5 Å². The van der Waals surface area contributed by atoms with Gasteiger partial charge in [0.15, 0.2) is 0 Å². The number of ether oxygens (including phenoxy) is 1. The van der Waals surface area contributed by atoms with E-state index in [2.05, 4.69) is 10.6 Å². The standard InChI is InChI=1S/C25H35ClN4O6S/c1-16-14-21(17(2)13-19(16)26)37(34,35)30-12-9-27-23(32)20(30)15-22(31)28-18-7-6-10-29(11-8-18)24(33)36-25(3,4)5/h9,12-14,18,20H,6-8,10-11,15H2,1-5H3,(H,27,32)(H,28,31)/t18?,20-/m1/s1. The Morgan fingerprint density at radius 1 is 1.16 bits per heavy atom. The third-order valence-corrected chi connectivity index (χ3v) is 8.53. The zero-order valence-corrected chi connectivity index (χ0v) is 23.4. The van der Waals surface area contributed by atoms with Crippen molar-refractivity contribution in [2.45, 2.75) is 82.9 Å². The number of carbonyl (C=O) groups is 3. The van der Waals surface area contributed by atoms with Crippen LogP contribution in [-0.4, -0.2) is 66.3 Å². The maximum absolute atomic E-state index is 13.5. The van der Waals surface area contributed by atoms with Gasteiger partial charge in [-0.15, -0.1) is 0 Å². The molecule has 10 nitrogen and oxygen atoms in total. The summed E-state index contributed by atoms with van der Waals surface area (Å²) in [5, 5.41) is 5.84. The Morgan fingerprint density at radius 3 is 2.54 bits per heavy atom. The lowest BCUT2D eigenvalue weighted by molar-refractivity contribution is -0.129. The summed E-state index contributed by atoms with van der Waals surface area (Å²) in [6.45, 7) is 9.68. The molecule has 1 aromatic carbocycles. The number of carbonyl (C=O) groups excluding carboxylic acids is 3. The van der Waals surface area contributed by atoms with E-state index in [-0.39, 0.29) is 17.4 Å². The van der Waals surface area contributed by atoms with Gasteiger partial charge in [0.25, 0.3) is 10.0 Å². The van der Waals surface area contributed by atoms with E-state index in [0.717, 1.165) is 4.31 Å². The van der Waals surface area contributed by atoms with E-state index < -0.39 is 39.6 Å². The Hall–Kier alpha value is -2.79. The number of nitrogens with zero attached hydrogens (tertiary/aromatic N) is 2. The molecule has 0 spiro atoms. The molecule has 0 saturated carbocycles. The Kier molecular flexibility index (Phi) is 8.79. The first kappa shape index (κ1) is 28.8. The van der Waals surface area contributed by atoms with Gasteiger partial charge in [0.2, 0.25) is 11.8 Å². The Balaban J connectivity index is 1.69. The number of likely N-dealkylation sites (tertiary alicyclic amines) is 1. The zero-order chi connectivity index (χ0) is 27.5. The van der Waals surface area contributed by atoms with Crippen LogP contribution in [0.15, 0.2) is 29.4 Å². The lowest BCUT2D eigenvalue weighted by atomic mass is 10.1. The molecule has 1 unspecified atom stereocenters. The number of hydrogen-bond acceptors (Lipinski definition) is 6. The monoisotopic (exact) mass is 554 g/mol. The van der Waals surface area contributed by atoms with Gasteiger partial charge in [0, 0.05) is 36.6 Å². The minimum absolute atomic E-state index is 0.0187. The molecule has 0 aromatic heterocycles. The summed E-state index contributed by atoms with van der Waals surface area (Å²) in [7, 11) is -4.14. The van der Waals surface area contributed by atoms with Gasteiger partial charge in [0.1, 0.15) is 11.6 Å². The Bertz CT molecular complexity index is 1190. The minimum Gasteiger partial charge on any atom is -0.444 e. The lowest BCUT2D eigenvalue weighted by Crippen LogP contribution is -2.51. The molecule has 37 heavy (non-hydrogen) atoms. The molecule has 1 fully saturated rings. The van der Waals surface area contributed by atoms with E-state index in [0.29, 0.717) is 48.5 Å². The topological polar surface area (TPSA) is 125 Å². The first-order valence-corrected chi connectivity index (χ1v) is 14.1. The molecule has 2 atom stereocenters. The SMILES string of the molecule is Cc1cc(S(=O)(=O)N2C=CNC(=O)[C@H]2CC(=O)NC2CCCN(C(=O)OC(C)(C)C)CC2)c(C)cc1Cl. The first-order valence-electron chi connectivity index (χ1n) is 12.2. The molecule has 2 aliphatic rings. The number of nitrogens with one attached hydrogen (secondary N) is 2. The fraction of sp³-hybridized carbons (Fsp3) is 0.560. The number of sulfonamides is 1. The van der Waals surface area contributed by atoms with Gasteiger partial charge in [-0.25, -0.2) is 13.2 Å². The second-order valence-electron chi connectivity index (χ2n) is 10.4. The molecule has 12 heteroatoms. The van der Waals surface area contributed by atoms with Crippen molar-refractivity contribution in [2.24, 2.45) is 0 Å². The van der Waals surface area contributed by atoms with Crippen molar-refractivity contribution in [3.8, 4) is 0 Å². The van der Waals surface area contributed by atoms with Crippen LogP contribution in [0.3, 0.4) is 0 Å². The van der Waals surface area contributed by atoms with Crippen molar-refractivity contribution in [3.05, 3.63) is 40.7 Å². The van der Waals surface area contributed by atoms with Gasteiger partial charge in [-0.1, -0.05) is 11.6 Å². The third-order valence-electron chi connectivity index (χ3n) is 6.19. The molecule has 0 bridgehead atoms. The predicted molar refractivity (Wildman–Crippen MR) is 139 cm³/mol. The summed E-state index contributed by atoms with van der Waals surface area (Å²) in [6.07, 6.45) is 3.59. The van der Waals surface area contributed by atoms with Crippen molar-refractivity contribution >= 4 is 39.5 Å². The van der Waals surface area contributed by atoms with Crippen LogP contribution in [0.5, 0.6) is 0 Å². The van der Waals surface area contributed by atoms with E-state index in [1.54, 1.807) is 45.6 Å². The summed E-state index contributed by atoms with van der Waals surface area (Å²) in [6, 6.07) is 1.56. The summed E-state index contributed by atoms with van der Waals surface area (Å²) < 4.78 is 33.4. The molecule has 2 heterocycles. The lowest BCUT2D eigenvalue weighted by Gasteiger charge is -2.32. The van der Waals surface area contributed by atoms with Gasteiger partial charge in [-0.3, -0.25) is 13.9 Å². The van der Waals surface area contributed by atoms with Gasteiger partial charge < -0.3 is 20.3 Å². The summed E-state index contributed by atoms with van der Waals surface area (Å²) in [5.74, 6) is -1.04. The highest BCUT2D eigenvalue weighted by atomic mass is 35.5. The van der Waals surface area contributed by atoms with E-state index in [4.69, 9.17) is 16.3 Å². The molecule has 3 rings (SSSR count). The Labute approximate surface area is 223 Å². The van der Waals surface area contributed by atoms with Crippen LogP contribution in [0.1, 0.15) is 57.6 Å². The van der Waals surface area contributed by atoms with Crippen molar-refractivity contribution in [3.63, 3.8) is 0 Å². The largest absolute Gasteiger partial charge is 0.444 e. The summed E-state index contributed by atoms with van der Waals surface area (Å²) in [5.41, 5.74) is 0.423. The highest BCUT2D eigenvalue weighted by Crippen LogP contribution is 2.29. The number of aryl methyl sites for hydroxylation is 2. The average molecular weight is 555 g/mol. The second-order valence-corrected chi connectivity index (χ2v) is 12.6. The van der Waals surface area contributed by atoms with Crippen molar-refractivity contribution in [2.75, 3.05) is 13.1 Å². The third kappa shape index (κ3) is 7.16. The van der Waals surface area contributed by atoms with Gasteiger partial charge in [0.05, 0.1) is 11.3 Å². The Morgan fingerprint density at radius 2 is 1.86 bits per heavy atom. The predicted octanol–water partition coefficient (Wildman–Crippen LogP) is 3.21. The summed E-state index contributed by atoms with van der Waals surface area (Å²) >= 11 is 6.13. The van der Waals surface area contributed by atoms with E-state index in [9.17, 15) is 22.8 Å². The fourth-order valence-electron chi connectivity index (χ4n) is 4.30. The van der Waals surface area contributed by atoms with Crippen LogP contribution in [0.4, 0.5) is 4.79 Å². The minimum atomic E-state index is -4.14. The fourth-order valence-corrected chi connectivity index (χ4v) is 6.26. The second kappa shape index (κ2) is 11.3. The molecule has 1 saturated heterocycles. The quantitative estimate of drug-likeness (QED) is 0.576. The molecule has 3 amide bonds. The summed E-state index contributed by atoms with van der Waals surface area (Å²) in [4.78, 5) is 39.7. The van der Waals surface area contributed by atoms with Crippen LogP contribution in [0.2, 0.25) is 5.02 Å². The number of amides is 3. The molecule has 0 radical (unpaired) electrons. The average Bonchev–Trinajstić information content (AvgIpc) is 3.02. The molecule has 0 aliphatic carbocycles. The number of benzene rings is 1. The van der Waals surface area contributed by atoms with Gasteiger partial charge in [-0.2, -0.15) is 0 Å². The molecule has 1 aromatic rings. The van der Waals surface area contributed by atoms with Gasteiger partial charge >= 0.3 is 6.09 Å². The molecule has 204 valence electrons. The number of rotatable bonds is 5. The van der Waals surface area contributed by atoms with E-state index >= 15 is 0 Å². The molecule has 2 aliphatic heterocycles. The van der Waals surface area contributed by atoms with Crippen LogP contribution in [0, 0.1) is 13.8 Å². The molecular weight excluding hydrogens is 520 g/mol. The van der Waals surface area contributed by atoms with Gasteiger partial charge in [-0.05, 0) is 77.1 Å². The van der Waals surface area contributed by atoms with Crippen LogP contribution >= 0.6 is 11.6 Å². The molecule has 2 N–H and O–H groups in total. The van der Waals surface area contributed by atoms with Crippen molar-refractivity contribution in [1.82, 2.24) is 19.8 Å². The van der Waals surface area contributed by atoms with E-state index in [1.165, 1.54) is 18.5 Å². The smallest absolute Gasteiger partial charge is 0.410 e. The number of hydrogen-bond donors (Lipinski definition) is 2. The normalized spacial score (nSPS) is 20.8. The van der Waals surface area contributed by atoms with E-state index in [1.807, 2.05) is 0 Å². The van der Waals surface area contributed by atoms with Crippen molar-refractivity contribution in [1.29, 1.82) is 0 Å². The van der Waals surface area contributed by atoms with Crippen LogP contribution in [0.25, 0.3) is 0 Å².